The van der Waals surface area contributed by atoms with Crippen LogP contribution in [0.2, 0.25) is 0 Å². The standard InChI is InChI=1S/C26H12F6N2O2S2/c27-25(28,29)11-1-3-13-15(9-11)33-23(35)21(13)19-7-5-17(37-19)18-6-8-20(38-18)22-14-4-2-12(26(30,31)32)10-16(14)34-24(22)36/h1-10H,(H,33,35)(H,34,36)/b18-17-,21-19-,22-20-. The second kappa shape index (κ2) is 8.30. The average molecular weight is 563 g/mol. The number of nitrogens with one attached hydrogen (secondary N) is 2. The first kappa shape index (κ1) is 24.4. The van der Waals surface area contributed by atoms with Crippen molar-refractivity contribution in [3.63, 3.8) is 0 Å². The Labute approximate surface area is 216 Å². The Morgan fingerprint density at radius 3 is 1.26 bits per heavy atom. The van der Waals surface area contributed by atoms with Gasteiger partial charge in [0.25, 0.3) is 11.8 Å². The van der Waals surface area contributed by atoms with Crippen molar-refractivity contribution in [2.45, 2.75) is 12.4 Å². The summed E-state index contributed by atoms with van der Waals surface area (Å²) < 4.78 is 81.0. The van der Waals surface area contributed by atoms with Crippen LogP contribution in [-0.4, -0.2) is 11.8 Å². The van der Waals surface area contributed by atoms with Gasteiger partial charge < -0.3 is 10.6 Å². The average Bonchev–Trinajstić information content (AvgIpc) is 3.60. The zero-order valence-corrected chi connectivity index (χ0v) is 20.3. The fourth-order valence-electron chi connectivity index (χ4n) is 4.40. The van der Waals surface area contributed by atoms with Crippen LogP contribution in [0, 0.1) is 9.06 Å². The highest BCUT2D eigenvalue weighted by molar-refractivity contribution is 7.11. The smallest absolute Gasteiger partial charge is 0.321 e. The van der Waals surface area contributed by atoms with Gasteiger partial charge in [0.1, 0.15) is 0 Å². The van der Waals surface area contributed by atoms with Crippen molar-refractivity contribution in [1.29, 1.82) is 0 Å². The molecule has 12 heteroatoms. The number of fused-ring (bicyclic) bond motifs is 2. The molecule has 0 aliphatic carbocycles. The first-order valence-corrected chi connectivity index (χ1v) is 12.5. The molecule has 2 aliphatic rings. The summed E-state index contributed by atoms with van der Waals surface area (Å²) >= 11 is 2.53. The maximum atomic E-state index is 13.1. The van der Waals surface area contributed by atoms with E-state index >= 15 is 0 Å². The summed E-state index contributed by atoms with van der Waals surface area (Å²) in [6.45, 7) is 0. The quantitative estimate of drug-likeness (QED) is 0.281. The molecule has 2 aromatic carbocycles. The van der Waals surface area contributed by atoms with Gasteiger partial charge in [0.15, 0.2) is 0 Å². The van der Waals surface area contributed by atoms with Crippen LogP contribution >= 0.6 is 22.7 Å². The lowest BCUT2D eigenvalue weighted by Gasteiger charge is -2.07. The van der Waals surface area contributed by atoms with E-state index in [-0.39, 0.29) is 22.5 Å². The zero-order valence-electron chi connectivity index (χ0n) is 18.7. The van der Waals surface area contributed by atoms with Crippen LogP contribution in [0.4, 0.5) is 37.7 Å². The Morgan fingerprint density at radius 2 is 0.895 bits per heavy atom. The van der Waals surface area contributed by atoms with Crippen molar-refractivity contribution in [1.82, 2.24) is 0 Å². The number of halogens is 6. The highest BCUT2D eigenvalue weighted by Crippen LogP contribution is 2.38. The minimum Gasteiger partial charge on any atom is -0.321 e. The lowest BCUT2D eigenvalue weighted by molar-refractivity contribution is -0.138. The van der Waals surface area contributed by atoms with Gasteiger partial charge in [-0.3, -0.25) is 9.59 Å². The van der Waals surface area contributed by atoms with Crippen molar-refractivity contribution in [3.8, 4) is 0 Å². The second-order valence-electron chi connectivity index (χ2n) is 8.50. The molecule has 4 nitrogen and oxygen atoms in total. The van der Waals surface area contributed by atoms with E-state index in [2.05, 4.69) is 10.6 Å². The van der Waals surface area contributed by atoms with E-state index in [0.717, 1.165) is 33.3 Å². The molecule has 0 bridgehead atoms. The van der Waals surface area contributed by atoms with Crippen molar-refractivity contribution < 1.29 is 35.9 Å². The summed E-state index contributed by atoms with van der Waals surface area (Å²) in [6, 6.07) is 13.1. The van der Waals surface area contributed by atoms with E-state index in [1.54, 1.807) is 24.3 Å². The van der Waals surface area contributed by atoms with Crippen LogP contribution in [0.3, 0.4) is 0 Å². The van der Waals surface area contributed by atoms with Gasteiger partial charge in [-0.05, 0) is 48.5 Å². The number of rotatable bonds is 0. The Hall–Kier alpha value is -3.90. The Bertz CT molecular complexity index is 1760. The van der Waals surface area contributed by atoms with Gasteiger partial charge in [-0.15, -0.1) is 22.7 Å². The van der Waals surface area contributed by atoms with Crippen LogP contribution in [0.25, 0.3) is 11.1 Å². The number of amides is 2. The summed E-state index contributed by atoms with van der Waals surface area (Å²) in [4.78, 5) is 25.2. The summed E-state index contributed by atoms with van der Waals surface area (Å²) in [5.74, 6) is -1.01. The summed E-state index contributed by atoms with van der Waals surface area (Å²) in [5, 5.41) is 4.98. The van der Waals surface area contributed by atoms with E-state index < -0.39 is 35.3 Å². The number of benzene rings is 2. The van der Waals surface area contributed by atoms with E-state index in [1.165, 1.54) is 34.8 Å². The molecule has 4 heterocycles. The molecule has 0 radical (unpaired) electrons. The monoisotopic (exact) mass is 562 g/mol. The lowest BCUT2D eigenvalue weighted by atomic mass is 10.0. The van der Waals surface area contributed by atoms with Crippen molar-refractivity contribution >= 4 is 57.0 Å². The highest BCUT2D eigenvalue weighted by atomic mass is 32.1. The fourth-order valence-corrected chi connectivity index (χ4v) is 6.61. The molecule has 0 atom stereocenters. The van der Waals surface area contributed by atoms with Crippen LogP contribution < -0.4 is 19.7 Å². The number of hydrogen-bond donors (Lipinski definition) is 2. The highest BCUT2D eigenvalue weighted by Gasteiger charge is 2.35. The molecule has 38 heavy (non-hydrogen) atoms. The van der Waals surface area contributed by atoms with E-state index in [4.69, 9.17) is 0 Å². The van der Waals surface area contributed by atoms with E-state index in [1.807, 2.05) is 0 Å². The van der Waals surface area contributed by atoms with Crippen LogP contribution in [0.5, 0.6) is 0 Å². The fraction of sp³-hybridized carbons (Fsp3) is 0.0769. The summed E-state index contributed by atoms with van der Waals surface area (Å²) in [6.07, 6.45) is -9.07. The molecule has 192 valence electrons. The second-order valence-corrected chi connectivity index (χ2v) is 10.7. The van der Waals surface area contributed by atoms with E-state index in [0.29, 0.717) is 20.2 Å². The third-order valence-electron chi connectivity index (χ3n) is 6.13. The first-order valence-electron chi connectivity index (χ1n) is 10.9. The van der Waals surface area contributed by atoms with Crippen molar-refractivity contribution in [2.24, 2.45) is 0 Å². The predicted molar refractivity (Wildman–Crippen MR) is 131 cm³/mol. The van der Waals surface area contributed by atoms with Crippen LogP contribution in [0.1, 0.15) is 22.3 Å². The van der Waals surface area contributed by atoms with Gasteiger partial charge in [0.05, 0.1) is 22.3 Å². The summed E-state index contributed by atoms with van der Waals surface area (Å²) in [7, 11) is 0. The molecule has 0 unspecified atom stereocenters. The van der Waals surface area contributed by atoms with Crippen molar-refractivity contribution in [3.05, 3.63) is 101 Å². The Morgan fingerprint density at radius 1 is 0.526 bits per heavy atom. The molecule has 2 aliphatic heterocycles. The molecule has 6 rings (SSSR count). The molecule has 2 N–H and O–H groups in total. The number of carbonyl (C=O) groups is 2. The Kier molecular flexibility index (Phi) is 5.34. The van der Waals surface area contributed by atoms with Crippen LogP contribution in [-0.2, 0) is 21.9 Å². The minimum atomic E-state index is -4.54. The number of hydrogen-bond acceptors (Lipinski definition) is 4. The maximum absolute atomic E-state index is 13.1. The van der Waals surface area contributed by atoms with Crippen molar-refractivity contribution in [2.75, 3.05) is 10.6 Å². The third-order valence-corrected chi connectivity index (χ3v) is 8.53. The molecule has 0 saturated heterocycles. The molecular weight excluding hydrogens is 550 g/mol. The number of thiophene rings is 2. The van der Waals surface area contributed by atoms with Gasteiger partial charge in [0.2, 0.25) is 0 Å². The van der Waals surface area contributed by atoms with Gasteiger partial charge in [-0.1, -0.05) is 12.1 Å². The first-order chi connectivity index (χ1) is 17.9. The molecule has 0 spiro atoms. The van der Waals surface area contributed by atoms with Gasteiger partial charge in [-0.2, -0.15) is 26.3 Å². The van der Waals surface area contributed by atoms with E-state index in [9.17, 15) is 35.9 Å². The molecule has 2 amide bonds. The largest absolute Gasteiger partial charge is 0.416 e. The molecule has 4 aromatic rings. The summed E-state index contributed by atoms with van der Waals surface area (Å²) in [5.41, 5.74) is -0.275. The zero-order chi connectivity index (χ0) is 27.0. The topological polar surface area (TPSA) is 58.2 Å². The normalized spacial score (nSPS) is 18.8. The van der Waals surface area contributed by atoms with Gasteiger partial charge in [0, 0.05) is 40.6 Å². The third kappa shape index (κ3) is 4.00. The Balaban J connectivity index is 1.47. The van der Waals surface area contributed by atoms with Crippen LogP contribution in [0.15, 0.2) is 60.7 Å². The minimum absolute atomic E-state index is 0.0872. The molecule has 0 fully saturated rings. The maximum Gasteiger partial charge on any atom is 0.416 e. The number of anilines is 2. The SMILES string of the molecule is O=C1Nc2cc(C(F)(F)F)ccc2/C1=c1\cc/c(=c2\cc/c(=C3/C(=O)Nc4cc(C(F)(F)F)ccc43)s2)s1. The number of alkyl halides is 6. The number of carbonyl (C=O) groups excluding carboxylic acids is 2. The molecule has 2 aromatic heterocycles. The molecule has 0 saturated carbocycles. The van der Waals surface area contributed by atoms with Gasteiger partial charge >= 0.3 is 12.4 Å². The predicted octanol–water partition coefficient (Wildman–Crippen LogP) is 5.44. The van der Waals surface area contributed by atoms with Gasteiger partial charge in [-0.25, -0.2) is 0 Å². The molecular formula is C26H12F6N2O2S2. The lowest BCUT2D eigenvalue weighted by Crippen LogP contribution is -2.11.